The van der Waals surface area contributed by atoms with Gasteiger partial charge in [0.15, 0.2) is 0 Å². The summed E-state index contributed by atoms with van der Waals surface area (Å²) in [6.45, 7) is 4.08. The molecule has 0 radical (unpaired) electrons. The van der Waals surface area contributed by atoms with E-state index < -0.39 is 5.97 Å². The number of rotatable bonds is 4. The highest BCUT2D eigenvalue weighted by Crippen LogP contribution is 2.31. The van der Waals surface area contributed by atoms with Gasteiger partial charge in [-0.25, -0.2) is 0 Å². The molecule has 1 amide bonds. The molecule has 1 aliphatic carbocycles. The number of carboxylic acid groups (broad SMARTS) is 1. The number of hydrogen-bond donors (Lipinski definition) is 1. The van der Waals surface area contributed by atoms with E-state index >= 15 is 0 Å². The summed E-state index contributed by atoms with van der Waals surface area (Å²) in [7, 11) is 1.84. The Morgan fingerprint density at radius 3 is 2.09 bits per heavy atom. The first-order chi connectivity index (χ1) is 10.4. The van der Waals surface area contributed by atoms with Gasteiger partial charge in [0.1, 0.15) is 0 Å². The van der Waals surface area contributed by atoms with Crippen molar-refractivity contribution in [3.63, 3.8) is 0 Å². The molecule has 1 N–H and O–H groups in total. The topological polar surface area (TPSA) is 57.6 Å². The van der Waals surface area contributed by atoms with Gasteiger partial charge in [0.25, 0.3) is 0 Å². The molecular formula is C18H25NO3. The lowest BCUT2D eigenvalue weighted by Gasteiger charge is -2.32. The van der Waals surface area contributed by atoms with Crippen LogP contribution in [0.4, 0.5) is 0 Å². The van der Waals surface area contributed by atoms with Crippen LogP contribution in [0, 0.1) is 18.8 Å². The predicted octanol–water partition coefficient (Wildman–Crippen LogP) is 3.41. The van der Waals surface area contributed by atoms with Gasteiger partial charge in [-0.3, -0.25) is 9.59 Å². The Kier molecular flexibility index (Phi) is 5.22. The van der Waals surface area contributed by atoms with Crippen molar-refractivity contribution in [2.75, 3.05) is 7.05 Å². The van der Waals surface area contributed by atoms with E-state index in [9.17, 15) is 9.59 Å². The van der Waals surface area contributed by atoms with Crippen molar-refractivity contribution in [2.45, 2.75) is 45.6 Å². The molecule has 0 spiro atoms. The Morgan fingerprint density at radius 1 is 1.09 bits per heavy atom. The maximum Gasteiger partial charge on any atom is 0.306 e. The van der Waals surface area contributed by atoms with Crippen LogP contribution in [0.1, 0.15) is 49.8 Å². The van der Waals surface area contributed by atoms with E-state index in [0.717, 1.165) is 5.56 Å². The van der Waals surface area contributed by atoms with E-state index in [0.29, 0.717) is 25.7 Å². The highest BCUT2D eigenvalue weighted by Gasteiger charge is 2.32. The fourth-order valence-corrected chi connectivity index (χ4v) is 3.13. The van der Waals surface area contributed by atoms with Crippen LogP contribution in [0.5, 0.6) is 0 Å². The Labute approximate surface area is 132 Å². The van der Waals surface area contributed by atoms with Gasteiger partial charge in [-0.15, -0.1) is 0 Å². The van der Waals surface area contributed by atoms with Crippen LogP contribution >= 0.6 is 0 Å². The number of carbonyl (C=O) groups is 2. The molecule has 1 aliphatic rings. The second-order valence-corrected chi connectivity index (χ2v) is 6.42. The number of carbonyl (C=O) groups excluding carboxylic acids is 1. The zero-order chi connectivity index (χ0) is 16.3. The van der Waals surface area contributed by atoms with E-state index in [1.54, 1.807) is 4.90 Å². The summed E-state index contributed by atoms with van der Waals surface area (Å²) in [4.78, 5) is 25.4. The van der Waals surface area contributed by atoms with Gasteiger partial charge < -0.3 is 10.0 Å². The van der Waals surface area contributed by atoms with Crippen LogP contribution in [-0.4, -0.2) is 28.9 Å². The van der Waals surface area contributed by atoms with E-state index in [-0.39, 0.29) is 23.8 Å². The molecule has 1 saturated carbocycles. The summed E-state index contributed by atoms with van der Waals surface area (Å²) in [6, 6.07) is 8.27. The number of aliphatic carboxylic acids is 1. The van der Waals surface area contributed by atoms with Gasteiger partial charge in [-0.2, -0.15) is 0 Å². The Hall–Kier alpha value is -1.84. The second kappa shape index (κ2) is 6.95. The quantitative estimate of drug-likeness (QED) is 0.927. The van der Waals surface area contributed by atoms with Gasteiger partial charge in [0.05, 0.1) is 12.0 Å². The number of hydrogen-bond acceptors (Lipinski definition) is 2. The van der Waals surface area contributed by atoms with Crippen molar-refractivity contribution >= 4 is 11.9 Å². The minimum absolute atomic E-state index is 0.0327. The Balaban J connectivity index is 1.97. The Morgan fingerprint density at radius 2 is 1.59 bits per heavy atom. The fourth-order valence-electron chi connectivity index (χ4n) is 3.13. The summed E-state index contributed by atoms with van der Waals surface area (Å²) in [5, 5.41) is 9.04. The summed E-state index contributed by atoms with van der Waals surface area (Å²) in [6.07, 6.45) is 2.58. The summed E-state index contributed by atoms with van der Waals surface area (Å²) in [5.74, 6) is -0.901. The van der Waals surface area contributed by atoms with Gasteiger partial charge in [0, 0.05) is 13.0 Å². The van der Waals surface area contributed by atoms with Crippen LogP contribution in [0.2, 0.25) is 0 Å². The SMILES string of the molecule is Cc1ccc(C(C)N(C)C(=O)C2CCC(C(=O)O)CC2)cc1. The van der Waals surface area contributed by atoms with Crippen LogP contribution in [0.25, 0.3) is 0 Å². The zero-order valence-corrected chi connectivity index (χ0v) is 13.6. The minimum atomic E-state index is -0.729. The van der Waals surface area contributed by atoms with Crippen molar-refractivity contribution < 1.29 is 14.7 Å². The zero-order valence-electron chi connectivity index (χ0n) is 13.6. The molecule has 1 atom stereocenters. The van der Waals surface area contributed by atoms with Crippen LogP contribution in [0.3, 0.4) is 0 Å². The summed E-state index contributed by atoms with van der Waals surface area (Å²) >= 11 is 0. The van der Waals surface area contributed by atoms with Gasteiger partial charge in [-0.1, -0.05) is 29.8 Å². The van der Waals surface area contributed by atoms with Gasteiger partial charge in [-0.05, 0) is 45.1 Å². The molecule has 22 heavy (non-hydrogen) atoms. The van der Waals surface area contributed by atoms with Crippen molar-refractivity contribution in [1.82, 2.24) is 4.90 Å². The molecule has 1 aromatic carbocycles. The first kappa shape index (κ1) is 16.5. The van der Waals surface area contributed by atoms with Crippen molar-refractivity contribution in [1.29, 1.82) is 0 Å². The number of benzene rings is 1. The molecule has 0 heterocycles. The number of carboxylic acids is 1. The third-order valence-electron chi connectivity index (χ3n) is 4.91. The van der Waals surface area contributed by atoms with E-state index in [2.05, 4.69) is 24.3 Å². The molecule has 120 valence electrons. The molecule has 4 nitrogen and oxygen atoms in total. The summed E-state index contributed by atoms with van der Waals surface area (Å²) in [5.41, 5.74) is 2.33. The summed E-state index contributed by atoms with van der Waals surface area (Å²) < 4.78 is 0. The number of aryl methyl sites for hydroxylation is 1. The molecule has 4 heteroatoms. The van der Waals surface area contributed by atoms with Crippen molar-refractivity contribution in [3.8, 4) is 0 Å². The molecule has 0 saturated heterocycles. The lowest BCUT2D eigenvalue weighted by molar-refractivity contribution is -0.145. The third kappa shape index (κ3) is 3.67. The standard InChI is InChI=1S/C18H25NO3/c1-12-4-6-14(7-5-12)13(2)19(3)17(20)15-8-10-16(11-9-15)18(21)22/h4-7,13,15-16H,8-11H2,1-3H3,(H,21,22). The molecule has 1 aromatic rings. The first-order valence-corrected chi connectivity index (χ1v) is 7.96. The number of amides is 1. The smallest absolute Gasteiger partial charge is 0.306 e. The second-order valence-electron chi connectivity index (χ2n) is 6.42. The monoisotopic (exact) mass is 303 g/mol. The largest absolute Gasteiger partial charge is 0.481 e. The fraction of sp³-hybridized carbons (Fsp3) is 0.556. The van der Waals surface area contributed by atoms with E-state index in [1.165, 1.54) is 5.56 Å². The van der Waals surface area contributed by atoms with E-state index in [4.69, 9.17) is 5.11 Å². The molecular weight excluding hydrogens is 278 g/mol. The van der Waals surface area contributed by atoms with E-state index in [1.807, 2.05) is 20.9 Å². The van der Waals surface area contributed by atoms with Gasteiger partial charge in [0.2, 0.25) is 5.91 Å². The highest BCUT2D eigenvalue weighted by atomic mass is 16.4. The van der Waals surface area contributed by atoms with Crippen molar-refractivity contribution in [2.24, 2.45) is 11.8 Å². The number of nitrogens with zero attached hydrogens (tertiary/aromatic N) is 1. The maximum absolute atomic E-state index is 12.6. The van der Waals surface area contributed by atoms with Crippen LogP contribution in [-0.2, 0) is 9.59 Å². The first-order valence-electron chi connectivity index (χ1n) is 7.96. The molecule has 0 aliphatic heterocycles. The van der Waals surface area contributed by atoms with Gasteiger partial charge >= 0.3 is 5.97 Å². The molecule has 1 fully saturated rings. The highest BCUT2D eigenvalue weighted by molar-refractivity contribution is 5.79. The lowest BCUT2D eigenvalue weighted by Crippen LogP contribution is -2.37. The molecule has 2 rings (SSSR count). The third-order valence-corrected chi connectivity index (χ3v) is 4.91. The minimum Gasteiger partial charge on any atom is -0.481 e. The maximum atomic E-state index is 12.6. The Bertz CT molecular complexity index is 530. The molecule has 0 aromatic heterocycles. The molecule has 1 unspecified atom stereocenters. The van der Waals surface area contributed by atoms with Crippen LogP contribution < -0.4 is 0 Å². The van der Waals surface area contributed by atoms with Crippen LogP contribution in [0.15, 0.2) is 24.3 Å². The van der Waals surface area contributed by atoms with Crippen molar-refractivity contribution in [3.05, 3.63) is 35.4 Å². The predicted molar refractivity (Wildman–Crippen MR) is 85.4 cm³/mol. The molecule has 0 bridgehead atoms. The normalized spacial score (nSPS) is 22.9. The lowest BCUT2D eigenvalue weighted by atomic mass is 9.81. The average molecular weight is 303 g/mol. The average Bonchev–Trinajstić information content (AvgIpc) is 2.53.